The molecule has 2 aromatic rings. The minimum absolute atomic E-state index is 0.121. The summed E-state index contributed by atoms with van der Waals surface area (Å²) in [6.07, 6.45) is 3.85. The van der Waals surface area contributed by atoms with Crippen molar-refractivity contribution in [1.82, 2.24) is 24.5 Å². The van der Waals surface area contributed by atoms with E-state index in [1.165, 1.54) is 10.6 Å². The summed E-state index contributed by atoms with van der Waals surface area (Å²) in [7, 11) is 3.65. The number of hydrogen-bond donors (Lipinski definition) is 0. The van der Waals surface area contributed by atoms with Crippen LogP contribution in [0, 0.1) is 0 Å². The summed E-state index contributed by atoms with van der Waals surface area (Å²) in [4.78, 5) is 33.0. The van der Waals surface area contributed by atoms with Gasteiger partial charge in [0.1, 0.15) is 6.04 Å². The maximum Gasteiger partial charge on any atom is 0.254 e. The maximum atomic E-state index is 12.8. The van der Waals surface area contributed by atoms with Crippen LogP contribution >= 0.6 is 0 Å². The van der Waals surface area contributed by atoms with Crippen LogP contribution in [0.3, 0.4) is 0 Å². The largest absolute Gasteiger partial charge is 0.338 e. The van der Waals surface area contributed by atoms with E-state index in [0.717, 1.165) is 18.7 Å². The number of hydrogen-bond acceptors (Lipinski definition) is 6. The van der Waals surface area contributed by atoms with Crippen molar-refractivity contribution in [1.29, 1.82) is 0 Å². The van der Waals surface area contributed by atoms with E-state index in [0.29, 0.717) is 37.0 Å². The van der Waals surface area contributed by atoms with Gasteiger partial charge in [0.05, 0.1) is 0 Å². The van der Waals surface area contributed by atoms with E-state index >= 15 is 0 Å². The van der Waals surface area contributed by atoms with Gasteiger partial charge in [0, 0.05) is 50.4 Å². The highest BCUT2D eigenvalue weighted by atomic mass is 16.5. The second kappa shape index (κ2) is 6.11. The first-order chi connectivity index (χ1) is 12.0. The predicted molar refractivity (Wildman–Crippen MR) is 89.2 cm³/mol. The molecule has 8 nitrogen and oxygen atoms in total. The molecule has 2 fully saturated rings. The van der Waals surface area contributed by atoms with Crippen LogP contribution < -0.4 is 5.56 Å². The van der Waals surface area contributed by atoms with Crippen molar-refractivity contribution in [3.8, 4) is 0 Å². The number of aryl methyl sites for hydroxylation is 1. The Morgan fingerprint density at radius 1 is 1.28 bits per heavy atom. The van der Waals surface area contributed by atoms with E-state index in [1.54, 1.807) is 24.2 Å². The highest BCUT2D eigenvalue weighted by Gasteiger charge is 2.35. The Morgan fingerprint density at radius 3 is 2.80 bits per heavy atom. The minimum atomic E-state index is -0.192. The van der Waals surface area contributed by atoms with Gasteiger partial charge in [0.2, 0.25) is 5.89 Å². The summed E-state index contributed by atoms with van der Waals surface area (Å²) in [6.45, 7) is 1.78. The average molecular weight is 343 g/mol. The molecule has 2 aromatic heterocycles. The van der Waals surface area contributed by atoms with Crippen LogP contribution in [-0.4, -0.2) is 57.1 Å². The van der Waals surface area contributed by atoms with Crippen molar-refractivity contribution < 1.29 is 9.32 Å². The lowest BCUT2D eigenvalue weighted by Crippen LogP contribution is -2.49. The number of amides is 1. The SMILES string of the molecule is CN1CCN(C(=O)c2ccn(C)c(=O)c2)CC1c1nc(C2CC2)no1. The molecule has 0 spiro atoms. The van der Waals surface area contributed by atoms with Gasteiger partial charge in [-0.15, -0.1) is 0 Å². The van der Waals surface area contributed by atoms with Crippen LogP contribution in [0.1, 0.15) is 46.9 Å². The molecule has 0 bridgehead atoms. The molecule has 25 heavy (non-hydrogen) atoms. The van der Waals surface area contributed by atoms with Crippen LogP contribution in [0.2, 0.25) is 0 Å². The number of nitrogens with zero attached hydrogens (tertiary/aromatic N) is 5. The van der Waals surface area contributed by atoms with E-state index in [-0.39, 0.29) is 17.5 Å². The first kappa shape index (κ1) is 16.0. The lowest BCUT2D eigenvalue weighted by atomic mass is 10.1. The molecule has 1 saturated heterocycles. The third-order valence-electron chi connectivity index (χ3n) is 4.97. The summed E-state index contributed by atoms with van der Waals surface area (Å²) in [5, 5.41) is 4.08. The zero-order valence-corrected chi connectivity index (χ0v) is 14.4. The summed E-state index contributed by atoms with van der Waals surface area (Å²) in [6, 6.07) is 2.94. The molecule has 3 heterocycles. The van der Waals surface area contributed by atoms with Crippen molar-refractivity contribution in [3.63, 3.8) is 0 Å². The Kier molecular flexibility index (Phi) is 3.91. The molecular formula is C17H21N5O3. The normalized spacial score (nSPS) is 21.5. The lowest BCUT2D eigenvalue weighted by Gasteiger charge is -2.37. The molecule has 1 amide bonds. The van der Waals surface area contributed by atoms with Gasteiger partial charge in [0.15, 0.2) is 5.82 Å². The Balaban J connectivity index is 1.53. The third-order valence-corrected chi connectivity index (χ3v) is 4.97. The highest BCUT2D eigenvalue weighted by Crippen LogP contribution is 2.38. The fourth-order valence-corrected chi connectivity index (χ4v) is 3.08. The van der Waals surface area contributed by atoms with Crippen LogP contribution in [0.5, 0.6) is 0 Å². The van der Waals surface area contributed by atoms with Crippen LogP contribution in [0.25, 0.3) is 0 Å². The van der Waals surface area contributed by atoms with Crippen LogP contribution in [0.15, 0.2) is 27.6 Å². The van der Waals surface area contributed by atoms with Crippen LogP contribution in [0.4, 0.5) is 0 Å². The molecule has 1 aliphatic carbocycles. The summed E-state index contributed by atoms with van der Waals surface area (Å²) in [5.74, 6) is 1.63. The Labute approximate surface area is 145 Å². The second-order valence-electron chi connectivity index (χ2n) is 6.88. The molecule has 0 N–H and O–H groups in total. The first-order valence-corrected chi connectivity index (χ1v) is 8.52. The molecule has 1 saturated carbocycles. The van der Waals surface area contributed by atoms with Crippen molar-refractivity contribution in [2.24, 2.45) is 7.05 Å². The van der Waals surface area contributed by atoms with Crippen molar-refractivity contribution >= 4 is 5.91 Å². The fourth-order valence-electron chi connectivity index (χ4n) is 3.08. The van der Waals surface area contributed by atoms with Gasteiger partial charge in [0.25, 0.3) is 11.5 Å². The van der Waals surface area contributed by atoms with Crippen molar-refractivity contribution in [3.05, 3.63) is 46.0 Å². The number of carbonyl (C=O) groups is 1. The Morgan fingerprint density at radius 2 is 2.08 bits per heavy atom. The number of pyridine rings is 1. The molecular weight excluding hydrogens is 322 g/mol. The lowest BCUT2D eigenvalue weighted by molar-refractivity contribution is 0.0488. The molecule has 4 rings (SSSR count). The third kappa shape index (κ3) is 3.09. The zero-order valence-electron chi connectivity index (χ0n) is 14.4. The molecule has 1 atom stereocenters. The summed E-state index contributed by atoms with van der Waals surface area (Å²) < 4.78 is 6.90. The monoisotopic (exact) mass is 343 g/mol. The summed E-state index contributed by atoms with van der Waals surface area (Å²) in [5.41, 5.74) is 0.220. The minimum Gasteiger partial charge on any atom is -0.338 e. The van der Waals surface area contributed by atoms with E-state index in [9.17, 15) is 9.59 Å². The first-order valence-electron chi connectivity index (χ1n) is 8.52. The number of piperazine rings is 1. The van der Waals surface area contributed by atoms with Crippen molar-refractivity contribution in [2.75, 3.05) is 26.7 Å². The topological polar surface area (TPSA) is 84.5 Å². The number of rotatable bonds is 3. The van der Waals surface area contributed by atoms with Gasteiger partial charge >= 0.3 is 0 Å². The molecule has 1 unspecified atom stereocenters. The van der Waals surface area contributed by atoms with Gasteiger partial charge in [-0.25, -0.2) is 0 Å². The number of likely N-dealkylation sites (N-methyl/N-ethyl adjacent to an activating group) is 1. The van der Waals surface area contributed by atoms with Gasteiger partial charge in [-0.2, -0.15) is 4.98 Å². The van der Waals surface area contributed by atoms with Gasteiger partial charge in [-0.05, 0) is 26.0 Å². The van der Waals surface area contributed by atoms with E-state index in [2.05, 4.69) is 15.0 Å². The molecule has 8 heteroatoms. The number of carbonyl (C=O) groups excluding carboxylic acids is 1. The molecule has 132 valence electrons. The van der Waals surface area contributed by atoms with Crippen molar-refractivity contribution in [2.45, 2.75) is 24.8 Å². The zero-order chi connectivity index (χ0) is 17.6. The van der Waals surface area contributed by atoms with Crippen LogP contribution in [-0.2, 0) is 7.05 Å². The molecule has 1 aliphatic heterocycles. The standard InChI is InChI=1S/C17H21N5O3/c1-20-7-8-22(17(24)12-5-6-21(2)14(23)9-12)10-13(20)16-18-15(19-25-16)11-3-4-11/h5-6,9,11,13H,3-4,7-8,10H2,1-2H3. The van der Waals surface area contributed by atoms with Gasteiger partial charge in [-0.1, -0.05) is 5.16 Å². The Bertz CT molecular complexity index is 854. The van der Waals surface area contributed by atoms with Gasteiger partial charge in [-0.3, -0.25) is 14.5 Å². The molecule has 0 radical (unpaired) electrons. The van der Waals surface area contributed by atoms with Gasteiger partial charge < -0.3 is 14.0 Å². The summed E-state index contributed by atoms with van der Waals surface area (Å²) >= 11 is 0. The van der Waals surface area contributed by atoms with E-state index in [4.69, 9.17) is 4.52 Å². The average Bonchev–Trinajstić information content (AvgIpc) is 3.35. The quantitative estimate of drug-likeness (QED) is 0.819. The molecule has 2 aliphatic rings. The smallest absolute Gasteiger partial charge is 0.254 e. The molecule has 0 aromatic carbocycles. The number of aromatic nitrogens is 3. The van der Waals surface area contributed by atoms with E-state index < -0.39 is 0 Å². The second-order valence-corrected chi connectivity index (χ2v) is 6.88. The highest BCUT2D eigenvalue weighted by molar-refractivity contribution is 5.94. The maximum absolute atomic E-state index is 12.8. The van der Waals surface area contributed by atoms with E-state index in [1.807, 2.05) is 7.05 Å². The predicted octanol–water partition coefficient (Wildman–Crippen LogP) is 0.775. The fraction of sp³-hybridized carbons (Fsp3) is 0.529. The Hall–Kier alpha value is -2.48.